The predicted octanol–water partition coefficient (Wildman–Crippen LogP) is 1.77. The summed E-state index contributed by atoms with van der Waals surface area (Å²) >= 11 is 0. The standard InChI is InChI=1S/C34H52N4O6S/c1-6-15-29(34(42)36-30(32(40)31(39)16-7-2)24-27-19-13-10-14-20-27)35-33(41)28(23-26-17-11-9-12-18-26)25-45(43,44)38(5)22-21-37(4)8-3/h1-2,9,11-12,17-18,27-32,39-40H,8,10,13-16,19-25H2,3-5H3,(H,35,41)(H,36,42). The van der Waals surface area contributed by atoms with Gasteiger partial charge in [-0.15, -0.1) is 24.7 Å². The highest BCUT2D eigenvalue weighted by Gasteiger charge is 2.34. The van der Waals surface area contributed by atoms with Gasteiger partial charge < -0.3 is 25.7 Å². The molecule has 1 fully saturated rings. The fourth-order valence-corrected chi connectivity index (χ4v) is 6.98. The Morgan fingerprint density at radius 2 is 1.62 bits per heavy atom. The van der Waals surface area contributed by atoms with Gasteiger partial charge in [-0.25, -0.2) is 12.7 Å². The summed E-state index contributed by atoms with van der Waals surface area (Å²) in [4.78, 5) is 29.3. The van der Waals surface area contributed by atoms with Crippen LogP contribution in [-0.2, 0) is 26.0 Å². The molecule has 2 amide bonds. The number of nitrogens with one attached hydrogen (secondary N) is 2. The second kappa shape index (κ2) is 19.6. The van der Waals surface area contributed by atoms with Gasteiger partial charge >= 0.3 is 0 Å². The van der Waals surface area contributed by atoms with Crippen molar-refractivity contribution in [3.63, 3.8) is 0 Å². The number of aliphatic hydroxyl groups is 2. The summed E-state index contributed by atoms with van der Waals surface area (Å²) in [7, 11) is -0.433. The lowest BCUT2D eigenvalue weighted by molar-refractivity contribution is -0.132. The molecule has 4 N–H and O–H groups in total. The number of hydrogen-bond donors (Lipinski definition) is 4. The van der Waals surface area contributed by atoms with Crippen LogP contribution in [0.2, 0.25) is 0 Å². The number of amides is 2. The van der Waals surface area contributed by atoms with Crippen molar-refractivity contribution in [1.82, 2.24) is 19.8 Å². The van der Waals surface area contributed by atoms with Gasteiger partial charge in [-0.2, -0.15) is 0 Å². The number of carbonyl (C=O) groups is 2. The van der Waals surface area contributed by atoms with Crippen LogP contribution in [0.25, 0.3) is 0 Å². The monoisotopic (exact) mass is 644 g/mol. The lowest BCUT2D eigenvalue weighted by Crippen LogP contribution is -2.56. The molecule has 45 heavy (non-hydrogen) atoms. The van der Waals surface area contributed by atoms with Gasteiger partial charge in [0.2, 0.25) is 21.8 Å². The third kappa shape index (κ3) is 13.1. The number of carbonyl (C=O) groups excluding carboxylic acids is 2. The first-order valence-electron chi connectivity index (χ1n) is 15.9. The topological polar surface area (TPSA) is 139 Å². The van der Waals surface area contributed by atoms with E-state index in [1.807, 2.05) is 49.2 Å². The number of benzene rings is 1. The molecular weight excluding hydrogens is 592 g/mol. The maximum Gasteiger partial charge on any atom is 0.243 e. The van der Waals surface area contributed by atoms with Crippen molar-refractivity contribution in [2.75, 3.05) is 39.5 Å². The Hall–Kier alpha value is -2.93. The molecule has 5 atom stereocenters. The molecule has 0 radical (unpaired) electrons. The van der Waals surface area contributed by atoms with Crippen LogP contribution in [0.15, 0.2) is 30.3 Å². The zero-order valence-electron chi connectivity index (χ0n) is 27.0. The first kappa shape index (κ1) is 38.3. The summed E-state index contributed by atoms with van der Waals surface area (Å²) in [5.41, 5.74) is 0.775. The fraction of sp³-hybridized carbons (Fsp3) is 0.647. The first-order chi connectivity index (χ1) is 21.4. The third-order valence-corrected chi connectivity index (χ3v) is 10.6. The van der Waals surface area contributed by atoms with Gasteiger partial charge in [-0.3, -0.25) is 9.59 Å². The number of aliphatic hydroxyl groups excluding tert-OH is 2. The van der Waals surface area contributed by atoms with Gasteiger partial charge in [0.05, 0.1) is 23.8 Å². The van der Waals surface area contributed by atoms with E-state index in [0.29, 0.717) is 13.0 Å². The van der Waals surface area contributed by atoms with E-state index in [1.54, 1.807) is 0 Å². The summed E-state index contributed by atoms with van der Waals surface area (Å²) in [5.74, 6) is 2.34. The van der Waals surface area contributed by atoms with Crippen LogP contribution in [-0.4, -0.2) is 103 Å². The Kier molecular flexibility index (Phi) is 16.6. The average Bonchev–Trinajstić information content (AvgIpc) is 3.03. The molecule has 0 spiro atoms. The molecule has 0 bridgehead atoms. The molecule has 10 nitrogen and oxygen atoms in total. The highest BCUT2D eigenvalue weighted by Crippen LogP contribution is 2.28. The van der Waals surface area contributed by atoms with Crippen molar-refractivity contribution in [2.45, 2.75) is 89.0 Å². The smallest absolute Gasteiger partial charge is 0.243 e. The Labute approximate surface area is 270 Å². The number of likely N-dealkylation sites (N-methyl/N-ethyl adjacent to an activating group) is 2. The quantitative estimate of drug-likeness (QED) is 0.168. The van der Waals surface area contributed by atoms with Crippen LogP contribution in [0.1, 0.15) is 63.9 Å². The van der Waals surface area contributed by atoms with Crippen molar-refractivity contribution in [3.05, 3.63) is 35.9 Å². The van der Waals surface area contributed by atoms with E-state index in [4.69, 9.17) is 12.8 Å². The third-order valence-electron chi connectivity index (χ3n) is 8.65. The number of terminal acetylenes is 2. The molecule has 250 valence electrons. The van der Waals surface area contributed by atoms with Gasteiger partial charge in [-0.05, 0) is 37.9 Å². The molecule has 0 aromatic heterocycles. The van der Waals surface area contributed by atoms with E-state index in [2.05, 4.69) is 22.5 Å². The number of rotatable bonds is 19. The summed E-state index contributed by atoms with van der Waals surface area (Å²) in [6, 6.07) is 7.11. The molecule has 2 rings (SSSR count). The van der Waals surface area contributed by atoms with Crippen molar-refractivity contribution < 1.29 is 28.2 Å². The van der Waals surface area contributed by atoms with Gasteiger partial charge in [0, 0.05) is 33.0 Å². The molecule has 5 unspecified atom stereocenters. The van der Waals surface area contributed by atoms with E-state index in [-0.39, 0.29) is 31.7 Å². The highest BCUT2D eigenvalue weighted by molar-refractivity contribution is 7.89. The summed E-state index contributed by atoms with van der Waals surface area (Å²) < 4.78 is 28.0. The summed E-state index contributed by atoms with van der Waals surface area (Å²) in [6.07, 6.45) is 13.9. The molecule has 0 heterocycles. The van der Waals surface area contributed by atoms with Crippen LogP contribution in [0.5, 0.6) is 0 Å². The average molecular weight is 645 g/mol. The van der Waals surface area contributed by atoms with Crippen LogP contribution in [0.3, 0.4) is 0 Å². The Morgan fingerprint density at radius 3 is 2.22 bits per heavy atom. The fourth-order valence-electron chi connectivity index (χ4n) is 5.59. The number of nitrogens with zero attached hydrogens (tertiary/aromatic N) is 2. The van der Waals surface area contributed by atoms with E-state index in [1.165, 1.54) is 11.4 Å². The van der Waals surface area contributed by atoms with Crippen molar-refractivity contribution in [2.24, 2.45) is 11.8 Å². The Bertz CT molecular complexity index is 1240. The van der Waals surface area contributed by atoms with Crippen molar-refractivity contribution in [1.29, 1.82) is 0 Å². The van der Waals surface area contributed by atoms with Gasteiger partial charge in [0.1, 0.15) is 12.1 Å². The summed E-state index contributed by atoms with van der Waals surface area (Å²) in [6.45, 7) is 3.56. The van der Waals surface area contributed by atoms with Crippen LogP contribution in [0.4, 0.5) is 0 Å². The van der Waals surface area contributed by atoms with Gasteiger partial charge in [0.25, 0.3) is 0 Å². The Balaban J connectivity index is 2.26. The highest BCUT2D eigenvalue weighted by atomic mass is 32.2. The first-order valence-corrected chi connectivity index (χ1v) is 17.5. The van der Waals surface area contributed by atoms with Crippen molar-refractivity contribution in [3.8, 4) is 24.7 Å². The molecule has 1 aliphatic rings. The van der Waals surface area contributed by atoms with E-state index in [9.17, 15) is 28.2 Å². The molecule has 1 aliphatic carbocycles. The minimum absolute atomic E-state index is 0.0818. The van der Waals surface area contributed by atoms with E-state index < -0.39 is 57.8 Å². The largest absolute Gasteiger partial charge is 0.389 e. The van der Waals surface area contributed by atoms with Crippen molar-refractivity contribution >= 4 is 21.8 Å². The van der Waals surface area contributed by atoms with E-state index >= 15 is 0 Å². The Morgan fingerprint density at radius 1 is 0.978 bits per heavy atom. The van der Waals surface area contributed by atoms with Gasteiger partial charge in [0.15, 0.2) is 0 Å². The zero-order valence-corrected chi connectivity index (χ0v) is 27.8. The second-order valence-electron chi connectivity index (χ2n) is 12.2. The molecule has 1 aromatic carbocycles. The molecule has 1 aromatic rings. The molecular formula is C34H52N4O6S. The number of sulfonamides is 1. The normalized spacial score (nSPS) is 17.4. The SMILES string of the molecule is C#CCC(NC(=O)C(Cc1ccccc1)CS(=O)(=O)N(C)CCN(C)CC)C(=O)NC(CC1CCCCC1)C(O)C(O)CC#C. The molecule has 11 heteroatoms. The molecule has 0 aliphatic heterocycles. The minimum atomic E-state index is -3.83. The zero-order chi connectivity index (χ0) is 33.4. The second-order valence-corrected chi connectivity index (χ2v) is 14.3. The van der Waals surface area contributed by atoms with E-state index in [0.717, 1.165) is 44.2 Å². The van der Waals surface area contributed by atoms with Crippen LogP contribution in [0, 0.1) is 36.5 Å². The minimum Gasteiger partial charge on any atom is -0.389 e. The lowest BCUT2D eigenvalue weighted by atomic mass is 9.82. The predicted molar refractivity (Wildman–Crippen MR) is 177 cm³/mol. The van der Waals surface area contributed by atoms with Gasteiger partial charge in [-0.1, -0.05) is 69.4 Å². The molecule has 0 saturated heterocycles. The maximum atomic E-state index is 13.7. The lowest BCUT2D eigenvalue weighted by Gasteiger charge is -2.33. The van der Waals surface area contributed by atoms with Crippen LogP contribution < -0.4 is 10.6 Å². The maximum absolute atomic E-state index is 13.7. The summed E-state index contributed by atoms with van der Waals surface area (Å²) in [5, 5.41) is 26.9. The number of hydrogen-bond acceptors (Lipinski definition) is 7. The molecule has 1 saturated carbocycles. The van der Waals surface area contributed by atoms with Crippen LogP contribution >= 0.6 is 0 Å².